The SMILES string of the molecule is CN=C(NCCNc1nccc(C(F)(F)F)n1)NCC(C)(C)c1cccs1.I. The first kappa shape index (κ1) is 24.4. The van der Waals surface area contributed by atoms with Gasteiger partial charge < -0.3 is 16.0 Å². The minimum absolute atomic E-state index is 0. The molecule has 156 valence electrons. The Bertz CT molecular complexity index is 750. The highest BCUT2D eigenvalue weighted by Gasteiger charge is 2.32. The Hall–Kier alpha value is -1.63. The van der Waals surface area contributed by atoms with Crippen molar-refractivity contribution < 1.29 is 13.2 Å². The van der Waals surface area contributed by atoms with Crippen molar-refractivity contribution in [2.24, 2.45) is 4.99 Å². The van der Waals surface area contributed by atoms with E-state index in [9.17, 15) is 13.2 Å². The topological polar surface area (TPSA) is 74.2 Å². The second-order valence-electron chi connectivity index (χ2n) is 6.40. The number of thiophene rings is 1. The van der Waals surface area contributed by atoms with Crippen LogP contribution >= 0.6 is 35.3 Å². The Morgan fingerprint density at radius 3 is 2.54 bits per heavy atom. The van der Waals surface area contributed by atoms with Gasteiger partial charge >= 0.3 is 6.18 Å². The molecule has 6 nitrogen and oxygen atoms in total. The van der Waals surface area contributed by atoms with Crippen molar-refractivity contribution >= 4 is 47.2 Å². The van der Waals surface area contributed by atoms with Crippen LogP contribution in [0, 0.1) is 0 Å². The lowest BCUT2D eigenvalue weighted by atomic mass is 9.91. The predicted molar refractivity (Wildman–Crippen MR) is 118 cm³/mol. The van der Waals surface area contributed by atoms with E-state index in [0.29, 0.717) is 25.6 Å². The number of halogens is 4. The van der Waals surface area contributed by atoms with Crippen LogP contribution in [-0.4, -0.2) is 42.6 Å². The lowest BCUT2D eigenvalue weighted by Gasteiger charge is -2.25. The quantitative estimate of drug-likeness (QED) is 0.221. The van der Waals surface area contributed by atoms with Crippen LogP contribution in [0.15, 0.2) is 34.8 Å². The van der Waals surface area contributed by atoms with Crippen LogP contribution in [0.3, 0.4) is 0 Å². The van der Waals surface area contributed by atoms with Gasteiger partial charge in [-0.2, -0.15) is 13.2 Å². The predicted octanol–water partition coefficient (Wildman–Crippen LogP) is 3.73. The second-order valence-corrected chi connectivity index (χ2v) is 7.35. The van der Waals surface area contributed by atoms with E-state index in [-0.39, 0.29) is 35.3 Å². The highest BCUT2D eigenvalue weighted by molar-refractivity contribution is 14.0. The average molecular weight is 528 g/mol. The van der Waals surface area contributed by atoms with Gasteiger partial charge in [0, 0.05) is 43.2 Å². The molecular weight excluding hydrogens is 504 g/mol. The maximum Gasteiger partial charge on any atom is 0.433 e. The number of aliphatic imine (C=N–C) groups is 1. The molecule has 0 bridgehead atoms. The number of aromatic nitrogens is 2. The summed E-state index contributed by atoms with van der Waals surface area (Å²) in [7, 11) is 1.66. The zero-order chi connectivity index (χ0) is 19.9. The number of nitrogens with one attached hydrogen (secondary N) is 3. The fraction of sp³-hybridized carbons (Fsp3) is 0.471. The molecule has 0 radical (unpaired) electrons. The number of nitrogens with zero attached hydrogens (tertiary/aromatic N) is 3. The van der Waals surface area contributed by atoms with Gasteiger partial charge in [0.25, 0.3) is 0 Å². The van der Waals surface area contributed by atoms with Crippen molar-refractivity contribution in [2.45, 2.75) is 25.4 Å². The molecular formula is C17H24F3IN6S. The summed E-state index contributed by atoms with van der Waals surface area (Å²) in [5.74, 6) is 0.555. The molecule has 0 aliphatic carbocycles. The first-order valence-electron chi connectivity index (χ1n) is 8.35. The Morgan fingerprint density at radius 2 is 1.93 bits per heavy atom. The largest absolute Gasteiger partial charge is 0.433 e. The van der Waals surface area contributed by atoms with E-state index in [4.69, 9.17) is 0 Å². The first-order chi connectivity index (χ1) is 12.7. The highest BCUT2D eigenvalue weighted by Crippen LogP contribution is 2.27. The Kier molecular flexibility index (Phi) is 9.40. The summed E-state index contributed by atoms with van der Waals surface area (Å²) in [6, 6.07) is 4.96. The summed E-state index contributed by atoms with van der Waals surface area (Å²) in [5, 5.41) is 11.2. The zero-order valence-electron chi connectivity index (χ0n) is 15.8. The number of hydrogen-bond donors (Lipinski definition) is 3. The van der Waals surface area contributed by atoms with E-state index in [2.05, 4.69) is 50.8 Å². The van der Waals surface area contributed by atoms with Crippen LogP contribution in [0.25, 0.3) is 0 Å². The van der Waals surface area contributed by atoms with Crippen LogP contribution in [0.5, 0.6) is 0 Å². The Labute approximate surface area is 183 Å². The molecule has 0 aliphatic rings. The van der Waals surface area contributed by atoms with Gasteiger partial charge in [0.1, 0.15) is 5.69 Å². The molecule has 28 heavy (non-hydrogen) atoms. The number of hydrogen-bond acceptors (Lipinski definition) is 5. The summed E-state index contributed by atoms with van der Waals surface area (Å²) in [4.78, 5) is 12.7. The first-order valence-corrected chi connectivity index (χ1v) is 9.23. The molecule has 0 saturated carbocycles. The maximum absolute atomic E-state index is 12.6. The van der Waals surface area contributed by atoms with Crippen molar-refractivity contribution in [3.05, 3.63) is 40.3 Å². The third-order valence-corrected chi connectivity index (χ3v) is 4.99. The normalized spacial score (nSPS) is 12.3. The monoisotopic (exact) mass is 528 g/mol. The Balaban J connectivity index is 0.00000392. The fourth-order valence-corrected chi connectivity index (χ4v) is 3.09. The summed E-state index contributed by atoms with van der Waals surface area (Å²) >= 11 is 1.71. The van der Waals surface area contributed by atoms with Crippen molar-refractivity contribution in [2.75, 3.05) is 32.0 Å². The van der Waals surface area contributed by atoms with Crippen LogP contribution in [0.2, 0.25) is 0 Å². The van der Waals surface area contributed by atoms with Crippen LogP contribution < -0.4 is 16.0 Å². The van der Waals surface area contributed by atoms with Crippen LogP contribution in [0.1, 0.15) is 24.4 Å². The van der Waals surface area contributed by atoms with Crippen molar-refractivity contribution in [3.63, 3.8) is 0 Å². The minimum atomic E-state index is -4.49. The van der Waals surface area contributed by atoms with Gasteiger partial charge in [-0.15, -0.1) is 35.3 Å². The van der Waals surface area contributed by atoms with Crippen molar-refractivity contribution in [1.82, 2.24) is 20.6 Å². The standard InChI is InChI=1S/C17H23F3N6S.HI/c1-16(2,13-5-4-10-27-13)11-25-14(21-3)23-8-9-24-15-22-7-6-12(26-15)17(18,19)20;/h4-7,10H,8-9,11H2,1-3H3,(H2,21,23,25)(H,22,24,26);1H. The summed E-state index contributed by atoms with van der Waals surface area (Å²) < 4.78 is 37.9. The van der Waals surface area contributed by atoms with Gasteiger partial charge in [-0.05, 0) is 17.5 Å². The van der Waals surface area contributed by atoms with Gasteiger partial charge in [0.2, 0.25) is 5.95 Å². The smallest absolute Gasteiger partial charge is 0.356 e. The number of alkyl halides is 3. The zero-order valence-corrected chi connectivity index (χ0v) is 18.9. The van der Waals surface area contributed by atoms with Crippen molar-refractivity contribution in [3.8, 4) is 0 Å². The lowest BCUT2D eigenvalue weighted by molar-refractivity contribution is -0.141. The molecule has 11 heteroatoms. The third kappa shape index (κ3) is 7.41. The van der Waals surface area contributed by atoms with E-state index in [0.717, 1.165) is 12.3 Å². The highest BCUT2D eigenvalue weighted by atomic mass is 127. The third-order valence-electron chi connectivity index (χ3n) is 3.76. The number of anilines is 1. The maximum atomic E-state index is 12.6. The number of rotatable bonds is 7. The van der Waals surface area contributed by atoms with Gasteiger partial charge in [-0.25, -0.2) is 9.97 Å². The number of guanidine groups is 1. The molecule has 0 amide bonds. The molecule has 0 spiro atoms. The molecule has 2 rings (SSSR count). The summed E-state index contributed by atoms with van der Waals surface area (Å²) in [5.41, 5.74) is -1.02. The molecule has 0 atom stereocenters. The minimum Gasteiger partial charge on any atom is -0.356 e. The molecule has 2 heterocycles. The second kappa shape index (κ2) is 10.8. The van der Waals surface area contributed by atoms with E-state index in [1.165, 1.54) is 4.88 Å². The van der Waals surface area contributed by atoms with E-state index < -0.39 is 11.9 Å². The molecule has 0 saturated heterocycles. The molecule has 0 unspecified atom stereocenters. The van der Waals surface area contributed by atoms with Crippen LogP contribution in [-0.2, 0) is 11.6 Å². The summed E-state index contributed by atoms with van der Waals surface area (Å²) in [6.07, 6.45) is -3.41. The van der Waals surface area contributed by atoms with E-state index in [1.807, 2.05) is 11.4 Å². The van der Waals surface area contributed by atoms with Crippen molar-refractivity contribution in [1.29, 1.82) is 0 Å². The van der Waals surface area contributed by atoms with Gasteiger partial charge in [-0.3, -0.25) is 4.99 Å². The fourth-order valence-electron chi connectivity index (χ4n) is 2.23. The van der Waals surface area contributed by atoms with Gasteiger partial charge in [0.15, 0.2) is 5.96 Å². The average Bonchev–Trinajstić information content (AvgIpc) is 3.16. The van der Waals surface area contributed by atoms with Gasteiger partial charge in [0.05, 0.1) is 0 Å². The molecule has 0 aromatic carbocycles. The molecule has 3 N–H and O–H groups in total. The van der Waals surface area contributed by atoms with Gasteiger partial charge in [-0.1, -0.05) is 19.9 Å². The molecule has 0 aliphatic heterocycles. The molecule has 2 aromatic heterocycles. The van der Waals surface area contributed by atoms with E-state index >= 15 is 0 Å². The Morgan fingerprint density at radius 1 is 1.18 bits per heavy atom. The van der Waals surface area contributed by atoms with Crippen LogP contribution in [0.4, 0.5) is 19.1 Å². The summed E-state index contributed by atoms with van der Waals surface area (Å²) in [6.45, 7) is 5.77. The molecule has 0 fully saturated rings. The van der Waals surface area contributed by atoms with E-state index in [1.54, 1.807) is 18.4 Å². The molecule has 2 aromatic rings. The lowest BCUT2D eigenvalue weighted by Crippen LogP contribution is -2.44.